The minimum absolute atomic E-state index is 0.0619. The third-order valence-corrected chi connectivity index (χ3v) is 4.58. The molecule has 3 aromatic rings. The molecule has 3 rings (SSSR count). The van der Waals surface area contributed by atoms with E-state index in [1.807, 2.05) is 49.4 Å². The van der Waals surface area contributed by atoms with Gasteiger partial charge in [-0.3, -0.25) is 9.59 Å². The molecule has 1 atom stereocenters. The summed E-state index contributed by atoms with van der Waals surface area (Å²) < 4.78 is 0. The van der Waals surface area contributed by atoms with Crippen LogP contribution in [0.3, 0.4) is 0 Å². The Morgan fingerprint density at radius 2 is 2.00 bits per heavy atom. The number of aromatic amines is 1. The Morgan fingerprint density at radius 1 is 1.21 bits per heavy atom. The average molecular weight is 392 g/mol. The number of pyridine rings is 1. The van der Waals surface area contributed by atoms with Gasteiger partial charge in [-0.15, -0.1) is 0 Å². The second-order valence-corrected chi connectivity index (χ2v) is 6.83. The van der Waals surface area contributed by atoms with Crippen LogP contribution in [0.15, 0.2) is 59.5 Å². The van der Waals surface area contributed by atoms with Crippen molar-refractivity contribution in [3.8, 4) is 11.4 Å². The van der Waals surface area contributed by atoms with E-state index in [0.29, 0.717) is 36.5 Å². The van der Waals surface area contributed by atoms with Crippen LogP contribution in [-0.2, 0) is 17.6 Å². The van der Waals surface area contributed by atoms with E-state index < -0.39 is 5.97 Å². The van der Waals surface area contributed by atoms with Gasteiger partial charge >= 0.3 is 5.97 Å². The highest BCUT2D eigenvalue weighted by atomic mass is 16.4. The number of carboxylic acids is 1. The summed E-state index contributed by atoms with van der Waals surface area (Å²) in [7, 11) is 0. The van der Waals surface area contributed by atoms with Gasteiger partial charge in [0, 0.05) is 36.0 Å². The lowest BCUT2D eigenvalue weighted by molar-refractivity contribution is -0.137. The van der Waals surface area contributed by atoms with Crippen molar-refractivity contribution in [1.82, 2.24) is 15.0 Å². The van der Waals surface area contributed by atoms with Gasteiger partial charge in [0.25, 0.3) is 5.56 Å². The predicted octanol–water partition coefficient (Wildman–Crippen LogP) is 3.28. The molecule has 0 spiro atoms. The molecule has 0 aliphatic rings. The number of carboxylic acid groups (broad SMARTS) is 1. The standard InChI is InChI=1S/C22H24N4O3/c1-2-17-13-20(27)26-22(25-17)16-8-10-19(23-14-16)24-18(9-11-21(28)29)12-15-6-4-3-5-7-15/h3-8,10,13-14,18H,2,9,11-12H2,1H3,(H,23,24)(H,28,29)(H,25,26,27). The number of hydrogen-bond acceptors (Lipinski definition) is 5. The van der Waals surface area contributed by atoms with E-state index in [4.69, 9.17) is 5.11 Å². The van der Waals surface area contributed by atoms with Crippen LogP contribution in [0.5, 0.6) is 0 Å². The molecular formula is C22H24N4O3. The fourth-order valence-electron chi connectivity index (χ4n) is 3.08. The molecule has 0 aliphatic carbocycles. The van der Waals surface area contributed by atoms with E-state index in [1.165, 1.54) is 6.07 Å². The molecule has 1 unspecified atom stereocenters. The zero-order valence-electron chi connectivity index (χ0n) is 16.3. The molecule has 7 nitrogen and oxygen atoms in total. The number of aryl methyl sites for hydroxylation is 1. The van der Waals surface area contributed by atoms with Crippen LogP contribution in [0.2, 0.25) is 0 Å². The van der Waals surface area contributed by atoms with Gasteiger partial charge < -0.3 is 15.4 Å². The number of aliphatic carboxylic acids is 1. The Labute approximate surface area is 168 Å². The van der Waals surface area contributed by atoms with Crippen molar-refractivity contribution in [3.05, 3.63) is 76.3 Å². The number of rotatable bonds is 9. The van der Waals surface area contributed by atoms with Gasteiger partial charge in [0.1, 0.15) is 11.6 Å². The van der Waals surface area contributed by atoms with Crippen LogP contribution >= 0.6 is 0 Å². The smallest absolute Gasteiger partial charge is 0.303 e. The number of H-pyrrole nitrogens is 1. The van der Waals surface area contributed by atoms with Crippen LogP contribution in [0, 0.1) is 0 Å². The van der Waals surface area contributed by atoms with Crippen LogP contribution in [-0.4, -0.2) is 32.1 Å². The van der Waals surface area contributed by atoms with E-state index in [-0.39, 0.29) is 18.0 Å². The quantitative estimate of drug-likeness (QED) is 0.516. The van der Waals surface area contributed by atoms with Crippen LogP contribution in [0.4, 0.5) is 5.82 Å². The van der Waals surface area contributed by atoms with Gasteiger partial charge in [0.2, 0.25) is 0 Å². The van der Waals surface area contributed by atoms with E-state index in [0.717, 1.165) is 11.3 Å². The number of hydrogen-bond donors (Lipinski definition) is 3. The summed E-state index contributed by atoms with van der Waals surface area (Å²) in [5, 5.41) is 12.4. The summed E-state index contributed by atoms with van der Waals surface area (Å²) in [6, 6.07) is 15.0. The monoisotopic (exact) mass is 392 g/mol. The van der Waals surface area contributed by atoms with E-state index in [2.05, 4.69) is 20.3 Å². The molecule has 0 radical (unpaired) electrons. The van der Waals surface area contributed by atoms with Crippen molar-refractivity contribution < 1.29 is 9.90 Å². The van der Waals surface area contributed by atoms with Crippen molar-refractivity contribution in [2.45, 2.75) is 38.6 Å². The third kappa shape index (κ3) is 6.00. The fraction of sp³-hybridized carbons (Fsp3) is 0.273. The highest BCUT2D eigenvalue weighted by molar-refractivity contribution is 5.66. The summed E-state index contributed by atoms with van der Waals surface area (Å²) in [6.45, 7) is 1.95. The maximum atomic E-state index is 11.8. The van der Waals surface area contributed by atoms with E-state index in [1.54, 1.807) is 6.20 Å². The summed E-state index contributed by atoms with van der Waals surface area (Å²) in [4.78, 5) is 34.4. The molecule has 0 bridgehead atoms. The molecule has 0 saturated carbocycles. The minimum atomic E-state index is -0.820. The SMILES string of the molecule is CCc1cc(=O)[nH]c(-c2ccc(NC(CCC(=O)O)Cc3ccccc3)nc2)n1. The lowest BCUT2D eigenvalue weighted by atomic mass is 10.0. The third-order valence-electron chi connectivity index (χ3n) is 4.58. The number of aromatic nitrogens is 3. The number of carbonyl (C=O) groups is 1. The van der Waals surface area contributed by atoms with Crippen molar-refractivity contribution in [2.24, 2.45) is 0 Å². The van der Waals surface area contributed by atoms with Crippen LogP contribution in [0.1, 0.15) is 31.0 Å². The average Bonchev–Trinajstić information content (AvgIpc) is 2.72. The fourth-order valence-corrected chi connectivity index (χ4v) is 3.08. The first-order valence-corrected chi connectivity index (χ1v) is 9.62. The summed E-state index contributed by atoms with van der Waals surface area (Å²) >= 11 is 0. The van der Waals surface area contributed by atoms with Crippen molar-refractivity contribution in [3.63, 3.8) is 0 Å². The zero-order chi connectivity index (χ0) is 20.6. The van der Waals surface area contributed by atoms with Crippen molar-refractivity contribution in [2.75, 3.05) is 5.32 Å². The largest absolute Gasteiger partial charge is 0.481 e. The second kappa shape index (κ2) is 9.64. The Kier molecular flexibility index (Phi) is 6.73. The molecule has 0 saturated heterocycles. The molecule has 150 valence electrons. The predicted molar refractivity (Wildman–Crippen MR) is 112 cm³/mol. The van der Waals surface area contributed by atoms with Crippen molar-refractivity contribution in [1.29, 1.82) is 0 Å². The van der Waals surface area contributed by atoms with Gasteiger partial charge in [-0.25, -0.2) is 9.97 Å². The summed E-state index contributed by atoms with van der Waals surface area (Å²) in [5.74, 6) is 0.313. The molecule has 0 amide bonds. The molecule has 1 aromatic carbocycles. The number of nitrogens with zero attached hydrogens (tertiary/aromatic N) is 2. The Hall–Kier alpha value is -3.48. The Morgan fingerprint density at radius 3 is 2.66 bits per heavy atom. The van der Waals surface area contributed by atoms with Gasteiger partial charge in [0.15, 0.2) is 0 Å². The zero-order valence-corrected chi connectivity index (χ0v) is 16.3. The van der Waals surface area contributed by atoms with Crippen LogP contribution in [0.25, 0.3) is 11.4 Å². The molecule has 2 aromatic heterocycles. The molecule has 29 heavy (non-hydrogen) atoms. The molecular weight excluding hydrogens is 368 g/mol. The van der Waals surface area contributed by atoms with E-state index >= 15 is 0 Å². The molecule has 0 fully saturated rings. The van der Waals surface area contributed by atoms with Gasteiger partial charge in [-0.05, 0) is 37.0 Å². The molecule has 2 heterocycles. The maximum Gasteiger partial charge on any atom is 0.303 e. The van der Waals surface area contributed by atoms with Gasteiger partial charge in [-0.2, -0.15) is 0 Å². The lowest BCUT2D eigenvalue weighted by Gasteiger charge is -2.19. The number of nitrogens with one attached hydrogen (secondary N) is 2. The van der Waals surface area contributed by atoms with Crippen LogP contribution < -0.4 is 10.9 Å². The number of anilines is 1. The Balaban J connectivity index is 1.75. The van der Waals surface area contributed by atoms with Crippen molar-refractivity contribution >= 4 is 11.8 Å². The minimum Gasteiger partial charge on any atom is -0.481 e. The highest BCUT2D eigenvalue weighted by Crippen LogP contribution is 2.17. The van der Waals surface area contributed by atoms with E-state index in [9.17, 15) is 9.59 Å². The van der Waals surface area contributed by atoms with Gasteiger partial charge in [-0.1, -0.05) is 37.3 Å². The first-order valence-electron chi connectivity index (χ1n) is 9.62. The first-order chi connectivity index (χ1) is 14.0. The lowest BCUT2D eigenvalue weighted by Crippen LogP contribution is -2.24. The normalized spacial score (nSPS) is 11.8. The highest BCUT2D eigenvalue weighted by Gasteiger charge is 2.13. The first kappa shape index (κ1) is 20.3. The number of benzene rings is 1. The molecule has 0 aliphatic heterocycles. The molecule has 7 heteroatoms. The summed E-state index contributed by atoms with van der Waals surface area (Å²) in [5.41, 5.74) is 2.38. The van der Waals surface area contributed by atoms with Gasteiger partial charge in [0.05, 0.1) is 0 Å². The summed E-state index contributed by atoms with van der Waals surface area (Å²) in [6.07, 6.45) is 3.59. The second-order valence-electron chi connectivity index (χ2n) is 6.83. The molecule has 3 N–H and O–H groups in total. The Bertz CT molecular complexity index is 1000. The topological polar surface area (TPSA) is 108 Å². The maximum absolute atomic E-state index is 11.8.